The average molecular weight is 306 g/mol. The van der Waals surface area contributed by atoms with Crippen LogP contribution in [0.5, 0.6) is 0 Å². The summed E-state index contributed by atoms with van der Waals surface area (Å²) in [6.45, 7) is 16.3. The van der Waals surface area contributed by atoms with Gasteiger partial charge in [-0.25, -0.2) is 0 Å². The zero-order chi connectivity index (χ0) is 15.7. The Hall–Kier alpha value is -0.910. The molecule has 0 bridgehead atoms. The van der Waals surface area contributed by atoms with Gasteiger partial charge in [-0.3, -0.25) is 14.5 Å². The Balaban J connectivity index is 1.62. The third-order valence-corrected chi connectivity index (χ3v) is 5.10. The number of nitrogens with zero attached hydrogens (tertiary/aromatic N) is 4. The molecule has 2 aliphatic heterocycles. The van der Waals surface area contributed by atoms with Gasteiger partial charge in [0.05, 0.1) is 18.9 Å². The highest BCUT2D eigenvalue weighted by atomic mass is 16.5. The van der Waals surface area contributed by atoms with Crippen LogP contribution in [0.4, 0.5) is 0 Å². The molecule has 3 rings (SSSR count). The fraction of sp³-hybridized carbons (Fsp3) is 0.824. The predicted octanol–water partition coefficient (Wildman–Crippen LogP) is 1.92. The number of hydrogen-bond donors (Lipinski definition) is 0. The number of aryl methyl sites for hydroxylation is 1. The van der Waals surface area contributed by atoms with Gasteiger partial charge in [-0.2, -0.15) is 5.10 Å². The lowest BCUT2D eigenvalue weighted by Crippen LogP contribution is -2.46. The lowest BCUT2D eigenvalue weighted by Gasteiger charge is -2.34. The molecule has 2 atom stereocenters. The molecule has 2 aliphatic rings. The van der Waals surface area contributed by atoms with Crippen molar-refractivity contribution in [1.29, 1.82) is 0 Å². The second-order valence-electron chi connectivity index (χ2n) is 7.20. The topological polar surface area (TPSA) is 33.5 Å². The first-order chi connectivity index (χ1) is 10.5. The first-order valence-corrected chi connectivity index (χ1v) is 8.63. The Morgan fingerprint density at radius 2 is 2.00 bits per heavy atom. The van der Waals surface area contributed by atoms with Crippen LogP contribution >= 0.6 is 0 Å². The highest BCUT2D eigenvalue weighted by molar-refractivity contribution is 5.16. The van der Waals surface area contributed by atoms with E-state index >= 15 is 0 Å². The van der Waals surface area contributed by atoms with Crippen molar-refractivity contribution in [1.82, 2.24) is 19.6 Å². The summed E-state index contributed by atoms with van der Waals surface area (Å²) in [6.07, 6.45) is 2.23. The fourth-order valence-corrected chi connectivity index (χ4v) is 3.74. The monoisotopic (exact) mass is 306 g/mol. The van der Waals surface area contributed by atoms with Gasteiger partial charge in [0.1, 0.15) is 0 Å². The van der Waals surface area contributed by atoms with Gasteiger partial charge in [0.25, 0.3) is 0 Å². The quantitative estimate of drug-likeness (QED) is 0.851. The molecule has 0 amide bonds. The minimum absolute atomic E-state index is 0.436. The van der Waals surface area contributed by atoms with Crippen LogP contribution in [0, 0.1) is 12.8 Å². The fourth-order valence-electron chi connectivity index (χ4n) is 3.74. The molecule has 0 saturated carbocycles. The zero-order valence-electron chi connectivity index (χ0n) is 14.5. The molecule has 3 heterocycles. The van der Waals surface area contributed by atoms with Crippen molar-refractivity contribution < 1.29 is 4.74 Å². The van der Waals surface area contributed by atoms with E-state index in [1.807, 2.05) is 0 Å². The minimum Gasteiger partial charge on any atom is -0.379 e. The van der Waals surface area contributed by atoms with E-state index in [4.69, 9.17) is 4.74 Å². The average Bonchev–Trinajstić information content (AvgIpc) is 3.04. The van der Waals surface area contributed by atoms with E-state index in [-0.39, 0.29) is 0 Å². The lowest BCUT2D eigenvalue weighted by molar-refractivity contribution is 0.0118. The molecule has 0 radical (unpaired) electrons. The van der Waals surface area contributed by atoms with Crippen molar-refractivity contribution in [3.05, 3.63) is 17.5 Å². The molecule has 5 heteroatoms. The van der Waals surface area contributed by atoms with Crippen LogP contribution < -0.4 is 0 Å². The van der Waals surface area contributed by atoms with Gasteiger partial charge in [-0.15, -0.1) is 0 Å². The van der Waals surface area contributed by atoms with E-state index in [1.165, 1.54) is 24.3 Å². The summed E-state index contributed by atoms with van der Waals surface area (Å²) in [6, 6.07) is 1.12. The molecule has 0 aliphatic carbocycles. The molecule has 2 unspecified atom stereocenters. The van der Waals surface area contributed by atoms with E-state index in [0.717, 1.165) is 38.8 Å². The van der Waals surface area contributed by atoms with Crippen molar-refractivity contribution in [3.8, 4) is 0 Å². The van der Waals surface area contributed by atoms with E-state index < -0.39 is 0 Å². The molecule has 22 heavy (non-hydrogen) atoms. The molecule has 2 fully saturated rings. The Morgan fingerprint density at radius 1 is 1.27 bits per heavy atom. The molecule has 1 aromatic rings. The van der Waals surface area contributed by atoms with Crippen LogP contribution in [-0.2, 0) is 11.3 Å². The van der Waals surface area contributed by atoms with Gasteiger partial charge in [0.2, 0.25) is 0 Å². The van der Waals surface area contributed by atoms with Gasteiger partial charge in [-0.1, -0.05) is 6.92 Å². The van der Waals surface area contributed by atoms with Gasteiger partial charge in [0.15, 0.2) is 0 Å². The normalized spacial score (nSPS) is 27.9. The van der Waals surface area contributed by atoms with Crippen LogP contribution in [0.2, 0.25) is 0 Å². The van der Waals surface area contributed by atoms with Crippen LogP contribution in [0.3, 0.4) is 0 Å². The van der Waals surface area contributed by atoms with Crippen LogP contribution in [0.25, 0.3) is 0 Å². The van der Waals surface area contributed by atoms with Gasteiger partial charge >= 0.3 is 0 Å². The van der Waals surface area contributed by atoms with Crippen LogP contribution in [0.15, 0.2) is 6.20 Å². The largest absolute Gasteiger partial charge is 0.379 e. The summed E-state index contributed by atoms with van der Waals surface area (Å²) in [5, 5.41) is 4.64. The van der Waals surface area contributed by atoms with E-state index in [0.29, 0.717) is 12.1 Å². The predicted molar refractivity (Wildman–Crippen MR) is 88.0 cm³/mol. The molecule has 2 saturated heterocycles. The van der Waals surface area contributed by atoms with Crippen LogP contribution in [-0.4, -0.2) is 65.0 Å². The number of ether oxygens (including phenoxy) is 1. The number of morpholine rings is 1. The minimum atomic E-state index is 0.436. The molecule has 1 aromatic heterocycles. The number of likely N-dealkylation sites (tertiary alicyclic amines) is 1. The van der Waals surface area contributed by atoms with Gasteiger partial charge < -0.3 is 4.74 Å². The summed E-state index contributed by atoms with van der Waals surface area (Å²) in [7, 11) is 0. The maximum Gasteiger partial charge on any atom is 0.0638 e. The molecule has 124 valence electrons. The van der Waals surface area contributed by atoms with Crippen molar-refractivity contribution in [3.63, 3.8) is 0 Å². The third kappa shape index (κ3) is 3.36. The molecule has 0 aromatic carbocycles. The molecular formula is C17H30N4O. The Kier molecular flexibility index (Phi) is 4.85. The van der Waals surface area contributed by atoms with E-state index in [1.54, 1.807) is 0 Å². The van der Waals surface area contributed by atoms with Crippen molar-refractivity contribution in [2.45, 2.75) is 46.3 Å². The van der Waals surface area contributed by atoms with Gasteiger partial charge in [-0.05, 0) is 26.7 Å². The Labute approximate surface area is 134 Å². The summed E-state index contributed by atoms with van der Waals surface area (Å²) >= 11 is 0. The Bertz CT molecular complexity index is 493. The first-order valence-electron chi connectivity index (χ1n) is 8.63. The molecule has 5 nitrogen and oxygen atoms in total. The first kappa shape index (κ1) is 16.0. The standard InChI is InChI=1S/C17H30N4O/c1-13(2)21-11-16(15(4)18-21)10-19-9-14(3)17(12-19)20-5-7-22-8-6-20/h11,13-14,17H,5-10,12H2,1-4H3. The van der Waals surface area contributed by atoms with Crippen molar-refractivity contribution >= 4 is 0 Å². The maximum absolute atomic E-state index is 5.49. The van der Waals surface area contributed by atoms with Gasteiger partial charge in [0, 0.05) is 56.6 Å². The van der Waals surface area contributed by atoms with E-state index in [9.17, 15) is 0 Å². The number of aromatic nitrogens is 2. The SMILES string of the molecule is Cc1nn(C(C)C)cc1CN1CC(C)C(N2CCOCC2)C1. The zero-order valence-corrected chi connectivity index (χ0v) is 14.5. The summed E-state index contributed by atoms with van der Waals surface area (Å²) in [4.78, 5) is 5.22. The summed E-state index contributed by atoms with van der Waals surface area (Å²) in [5.41, 5.74) is 2.56. The lowest BCUT2D eigenvalue weighted by atomic mass is 10.0. The van der Waals surface area contributed by atoms with Crippen LogP contribution in [0.1, 0.15) is 38.1 Å². The molecule has 0 spiro atoms. The summed E-state index contributed by atoms with van der Waals surface area (Å²) < 4.78 is 7.58. The maximum atomic E-state index is 5.49. The second kappa shape index (κ2) is 6.69. The third-order valence-electron chi connectivity index (χ3n) is 5.10. The van der Waals surface area contributed by atoms with Crippen molar-refractivity contribution in [2.75, 3.05) is 39.4 Å². The Morgan fingerprint density at radius 3 is 2.64 bits per heavy atom. The molecular weight excluding hydrogens is 276 g/mol. The highest BCUT2D eigenvalue weighted by Crippen LogP contribution is 2.25. The van der Waals surface area contributed by atoms with Crippen molar-refractivity contribution in [2.24, 2.45) is 5.92 Å². The van der Waals surface area contributed by atoms with E-state index in [2.05, 4.69) is 53.5 Å². The summed E-state index contributed by atoms with van der Waals surface area (Å²) in [5.74, 6) is 0.735. The second-order valence-corrected chi connectivity index (χ2v) is 7.20. The number of hydrogen-bond acceptors (Lipinski definition) is 4. The number of rotatable bonds is 4. The molecule has 0 N–H and O–H groups in total. The highest BCUT2D eigenvalue weighted by Gasteiger charge is 2.34. The smallest absolute Gasteiger partial charge is 0.0638 e.